The van der Waals surface area contributed by atoms with E-state index >= 15 is 0 Å². The van der Waals surface area contributed by atoms with E-state index in [-0.39, 0.29) is 11.8 Å². The highest BCUT2D eigenvalue weighted by Gasteiger charge is 2.54. The molecule has 22 heavy (non-hydrogen) atoms. The molecule has 0 radical (unpaired) electrons. The Morgan fingerprint density at radius 3 is 2.45 bits per heavy atom. The molecule has 5 nitrogen and oxygen atoms in total. The first-order chi connectivity index (χ1) is 10.7. The minimum atomic E-state index is -0.411. The van der Waals surface area contributed by atoms with Gasteiger partial charge >= 0.3 is 0 Å². The Labute approximate surface area is 130 Å². The van der Waals surface area contributed by atoms with Crippen LogP contribution >= 0.6 is 0 Å². The third-order valence-electron chi connectivity index (χ3n) is 4.56. The molecule has 0 spiro atoms. The van der Waals surface area contributed by atoms with E-state index in [2.05, 4.69) is 0 Å². The maximum absolute atomic E-state index is 13.0. The van der Waals surface area contributed by atoms with Gasteiger partial charge in [0.05, 0.1) is 18.4 Å². The molecule has 1 saturated heterocycles. The van der Waals surface area contributed by atoms with Crippen LogP contribution in [0.3, 0.4) is 0 Å². The second-order valence-corrected chi connectivity index (χ2v) is 5.99. The van der Waals surface area contributed by atoms with Gasteiger partial charge in [0.25, 0.3) is 5.91 Å². The number of carbonyl (C=O) groups excluding carboxylic acids is 2. The van der Waals surface area contributed by atoms with Crippen LogP contribution in [0.25, 0.3) is 0 Å². The fourth-order valence-electron chi connectivity index (χ4n) is 3.16. The summed E-state index contributed by atoms with van der Waals surface area (Å²) >= 11 is 0. The van der Waals surface area contributed by atoms with Gasteiger partial charge in [0.1, 0.15) is 0 Å². The van der Waals surface area contributed by atoms with E-state index in [1.165, 1.54) is 0 Å². The molecule has 118 valence electrons. The van der Waals surface area contributed by atoms with Crippen molar-refractivity contribution in [3.63, 3.8) is 0 Å². The Hall–Kier alpha value is -1.88. The number of hydrogen-bond donors (Lipinski definition) is 0. The van der Waals surface area contributed by atoms with Gasteiger partial charge in [0, 0.05) is 20.2 Å². The third-order valence-corrected chi connectivity index (χ3v) is 4.56. The first-order valence-corrected chi connectivity index (χ1v) is 7.86. The van der Waals surface area contributed by atoms with Crippen molar-refractivity contribution < 1.29 is 14.3 Å². The number of rotatable bonds is 5. The van der Waals surface area contributed by atoms with Crippen molar-refractivity contribution in [1.82, 2.24) is 10.0 Å². The number of benzene rings is 1. The van der Waals surface area contributed by atoms with E-state index in [1.807, 2.05) is 30.3 Å². The van der Waals surface area contributed by atoms with Crippen molar-refractivity contribution in [3.8, 4) is 0 Å². The highest BCUT2D eigenvalue weighted by atomic mass is 16.5. The molecular weight excluding hydrogens is 280 g/mol. The van der Waals surface area contributed by atoms with Crippen LogP contribution in [-0.2, 0) is 19.7 Å². The fraction of sp³-hybridized carbons (Fsp3) is 0.529. The predicted molar refractivity (Wildman–Crippen MR) is 81.9 cm³/mol. The maximum atomic E-state index is 13.0. The molecule has 0 bridgehead atoms. The number of carbonyl (C=O) groups is 2. The van der Waals surface area contributed by atoms with Crippen LogP contribution in [0, 0.1) is 0 Å². The van der Waals surface area contributed by atoms with E-state index in [0.717, 1.165) is 24.8 Å². The molecule has 1 aliphatic carbocycles. The lowest BCUT2D eigenvalue weighted by Crippen LogP contribution is -2.49. The number of nitrogens with zero attached hydrogens (tertiary/aromatic N) is 2. The molecule has 5 heteroatoms. The largest absolute Gasteiger partial charge is 0.384 e. The maximum Gasteiger partial charge on any atom is 0.251 e. The number of hydrazine groups is 1. The van der Waals surface area contributed by atoms with Gasteiger partial charge in [-0.1, -0.05) is 30.3 Å². The Bertz CT molecular complexity index is 554. The second kappa shape index (κ2) is 6.08. The van der Waals surface area contributed by atoms with Crippen LogP contribution in [0.2, 0.25) is 0 Å². The van der Waals surface area contributed by atoms with Gasteiger partial charge in [-0.2, -0.15) is 0 Å². The van der Waals surface area contributed by atoms with Gasteiger partial charge in [0.2, 0.25) is 5.91 Å². The van der Waals surface area contributed by atoms with Gasteiger partial charge in [-0.3, -0.25) is 19.6 Å². The molecule has 2 fully saturated rings. The third kappa shape index (κ3) is 2.61. The van der Waals surface area contributed by atoms with Crippen molar-refractivity contribution in [2.24, 2.45) is 0 Å². The van der Waals surface area contributed by atoms with Crippen LogP contribution in [0.4, 0.5) is 0 Å². The Morgan fingerprint density at radius 2 is 1.82 bits per heavy atom. The number of ether oxygens (including phenoxy) is 1. The van der Waals surface area contributed by atoms with Gasteiger partial charge in [0.15, 0.2) is 0 Å². The zero-order valence-corrected chi connectivity index (χ0v) is 13.0. The minimum absolute atomic E-state index is 0.0310. The van der Waals surface area contributed by atoms with Gasteiger partial charge in [-0.15, -0.1) is 0 Å². The molecule has 1 aliphatic heterocycles. The number of methoxy groups -OCH3 is 1. The summed E-state index contributed by atoms with van der Waals surface area (Å²) in [5, 5.41) is 3.28. The topological polar surface area (TPSA) is 49.9 Å². The monoisotopic (exact) mass is 302 g/mol. The first-order valence-electron chi connectivity index (χ1n) is 7.86. The summed E-state index contributed by atoms with van der Waals surface area (Å²) in [5.74, 6) is 0.0403. The zero-order chi connectivity index (χ0) is 15.6. The Balaban J connectivity index is 1.75. The van der Waals surface area contributed by atoms with E-state index in [4.69, 9.17) is 4.74 Å². The number of amides is 2. The van der Waals surface area contributed by atoms with Crippen molar-refractivity contribution in [3.05, 3.63) is 35.9 Å². The summed E-state index contributed by atoms with van der Waals surface area (Å²) in [6.07, 6.45) is 2.90. The van der Waals surface area contributed by atoms with E-state index in [1.54, 1.807) is 17.1 Å². The van der Waals surface area contributed by atoms with Crippen LogP contribution in [0.15, 0.2) is 30.3 Å². The molecule has 3 rings (SSSR count). The molecule has 1 aromatic rings. The summed E-state index contributed by atoms with van der Waals surface area (Å²) in [4.78, 5) is 25.3. The number of hydrogen-bond acceptors (Lipinski definition) is 3. The van der Waals surface area contributed by atoms with E-state index < -0.39 is 5.41 Å². The van der Waals surface area contributed by atoms with E-state index in [9.17, 15) is 9.59 Å². The summed E-state index contributed by atoms with van der Waals surface area (Å²) in [6.45, 7) is 1.65. The van der Waals surface area contributed by atoms with Gasteiger partial charge < -0.3 is 4.74 Å². The lowest BCUT2D eigenvalue weighted by molar-refractivity contribution is -0.160. The zero-order valence-electron chi connectivity index (χ0n) is 13.0. The predicted octanol–water partition coefficient (Wildman–Crippen LogP) is 1.73. The van der Waals surface area contributed by atoms with Crippen LogP contribution < -0.4 is 0 Å². The normalized spacial score (nSPS) is 19.3. The van der Waals surface area contributed by atoms with Crippen molar-refractivity contribution in [1.29, 1.82) is 0 Å². The lowest BCUT2D eigenvalue weighted by Gasteiger charge is -2.31. The molecule has 0 aromatic heterocycles. The lowest BCUT2D eigenvalue weighted by atomic mass is 9.95. The van der Waals surface area contributed by atoms with Crippen molar-refractivity contribution in [2.75, 3.05) is 26.8 Å². The standard InChI is InChI=1S/C17H22N2O3/c1-22-13-8-15(20)18-11-5-12-19(18)16(21)17(9-10-17)14-6-3-2-4-7-14/h2-4,6-7H,5,8-13H2,1H3. The molecule has 0 unspecified atom stereocenters. The minimum Gasteiger partial charge on any atom is -0.384 e. The summed E-state index contributed by atoms with van der Waals surface area (Å²) < 4.78 is 4.97. The summed E-state index contributed by atoms with van der Waals surface area (Å²) in [7, 11) is 1.58. The highest BCUT2D eigenvalue weighted by Crippen LogP contribution is 2.50. The average molecular weight is 302 g/mol. The van der Waals surface area contributed by atoms with Gasteiger partial charge in [-0.05, 0) is 24.8 Å². The van der Waals surface area contributed by atoms with Crippen LogP contribution in [0.5, 0.6) is 0 Å². The average Bonchev–Trinajstić information content (AvgIpc) is 3.23. The highest BCUT2D eigenvalue weighted by molar-refractivity contribution is 5.93. The molecule has 1 aromatic carbocycles. The summed E-state index contributed by atoms with van der Waals surface area (Å²) in [6, 6.07) is 9.92. The smallest absolute Gasteiger partial charge is 0.251 e. The van der Waals surface area contributed by atoms with Gasteiger partial charge in [-0.25, -0.2) is 0 Å². The molecule has 0 atom stereocenters. The summed E-state index contributed by atoms with van der Waals surface area (Å²) in [5.41, 5.74) is 0.655. The second-order valence-electron chi connectivity index (χ2n) is 5.99. The van der Waals surface area contributed by atoms with Crippen molar-refractivity contribution >= 4 is 11.8 Å². The van der Waals surface area contributed by atoms with Crippen molar-refractivity contribution in [2.45, 2.75) is 31.1 Å². The molecular formula is C17H22N2O3. The quantitative estimate of drug-likeness (QED) is 0.832. The Kier molecular flexibility index (Phi) is 4.16. The molecule has 2 amide bonds. The Morgan fingerprint density at radius 1 is 1.14 bits per heavy atom. The van der Waals surface area contributed by atoms with E-state index in [0.29, 0.717) is 26.1 Å². The molecule has 0 N–H and O–H groups in total. The molecule has 2 aliphatic rings. The van der Waals surface area contributed by atoms with Crippen LogP contribution in [0.1, 0.15) is 31.2 Å². The fourth-order valence-corrected chi connectivity index (χ4v) is 3.16. The SMILES string of the molecule is COCCC(=O)N1CCCN1C(=O)C1(c2ccccc2)CC1. The molecule has 1 heterocycles. The first kappa shape index (κ1) is 15.0. The van der Waals surface area contributed by atoms with Crippen LogP contribution in [-0.4, -0.2) is 48.6 Å². The molecule has 1 saturated carbocycles.